The van der Waals surface area contributed by atoms with Gasteiger partial charge in [0.2, 0.25) is 5.69 Å². The van der Waals surface area contributed by atoms with Gasteiger partial charge >= 0.3 is 5.97 Å². The summed E-state index contributed by atoms with van der Waals surface area (Å²) in [5, 5.41) is 15.1. The fraction of sp³-hybridized carbons (Fsp3) is 0.333. The van der Waals surface area contributed by atoms with Crippen molar-refractivity contribution in [2.45, 2.75) is 83.5 Å². The van der Waals surface area contributed by atoms with Gasteiger partial charge in [-0.15, -0.1) is 0 Å². The van der Waals surface area contributed by atoms with Gasteiger partial charge in [0.05, 0.1) is 5.41 Å². The van der Waals surface area contributed by atoms with Crippen LogP contribution in [0.15, 0.2) is 119 Å². The number of unbranched alkanes of at least 4 members (excludes halogenated alkanes) is 2. The van der Waals surface area contributed by atoms with Crippen molar-refractivity contribution in [1.82, 2.24) is 0 Å². The Morgan fingerprint density at radius 3 is 2.20 bits per heavy atom. The lowest BCUT2D eigenvalue weighted by molar-refractivity contribution is -0.401. The van der Waals surface area contributed by atoms with Gasteiger partial charge < -0.3 is 22.4 Å². The van der Waals surface area contributed by atoms with Crippen LogP contribution in [0.2, 0.25) is 0 Å². The molecule has 0 bridgehead atoms. The largest absolute Gasteiger partial charge is 1.00 e. The minimum absolute atomic E-state index is 0. The first-order valence-corrected chi connectivity index (χ1v) is 18.5. The van der Waals surface area contributed by atoms with E-state index in [1.54, 1.807) is 0 Å². The van der Waals surface area contributed by atoms with Crippen molar-refractivity contribution >= 4 is 56.2 Å². The number of carboxylic acids is 1. The number of nitrogens with zero attached hydrogens (tertiary/aromatic N) is 2. The lowest BCUT2D eigenvalue weighted by atomic mass is 9.79. The number of halogens is 2. The number of fused-ring (bicyclic) bond motifs is 6. The SMILES string of the molecule is C[N+]1=C(C=CC2=C(Cl)C(=CC=C3N(CCCCCC(=O)O)c4ccc5ccccc5c4C3(C)C)CCC2)C(C)(C)c2c1ccc1ccccc21.[Cl-]. The minimum atomic E-state index is -0.723. The summed E-state index contributed by atoms with van der Waals surface area (Å²) in [4.78, 5) is 13.6. The Bertz CT molecular complexity index is 2180. The molecule has 0 fully saturated rings. The molecule has 51 heavy (non-hydrogen) atoms. The first kappa shape index (κ1) is 36.7. The van der Waals surface area contributed by atoms with Crippen LogP contribution in [0, 0.1) is 0 Å². The van der Waals surface area contributed by atoms with Crippen molar-refractivity contribution in [3.63, 3.8) is 0 Å². The van der Waals surface area contributed by atoms with Crippen LogP contribution >= 0.6 is 11.6 Å². The molecule has 0 saturated heterocycles. The Morgan fingerprint density at radius 1 is 0.824 bits per heavy atom. The molecular formula is C45H48Cl2N2O2. The number of benzene rings is 4. The van der Waals surface area contributed by atoms with Gasteiger partial charge in [-0.05, 0) is 102 Å². The molecular weight excluding hydrogens is 671 g/mol. The number of anilines is 1. The lowest BCUT2D eigenvalue weighted by Crippen LogP contribution is -3.00. The van der Waals surface area contributed by atoms with Crippen molar-refractivity contribution in [2.24, 2.45) is 0 Å². The normalized spacial score (nSPS) is 19.5. The predicted octanol–water partition coefficient (Wildman–Crippen LogP) is 8.49. The Labute approximate surface area is 313 Å². The first-order valence-electron chi connectivity index (χ1n) is 18.1. The standard InChI is InChI=1S/C45H47ClN2O2.ClH/c1-44(2)38(47(5)36-25-21-30-14-8-10-18-34(30)41(36)44)27-23-32-16-13-17-33(43(32)46)24-28-39-45(3,4)42-35-19-11-9-15-31(35)22-26-37(42)48(39)29-12-6-7-20-40(49)50;/h8-11,14-15,18-19,21-28H,6-7,12-13,16-17,20,29H2,1-5H3;1H. The van der Waals surface area contributed by atoms with E-state index in [0.717, 1.165) is 43.7 Å². The lowest BCUT2D eigenvalue weighted by Gasteiger charge is -2.27. The maximum Gasteiger partial charge on any atom is 0.303 e. The highest BCUT2D eigenvalue weighted by Gasteiger charge is 2.44. The van der Waals surface area contributed by atoms with Crippen molar-refractivity contribution in [3.05, 3.63) is 130 Å². The molecule has 4 aromatic rings. The number of rotatable bonds is 9. The van der Waals surface area contributed by atoms with E-state index in [-0.39, 0.29) is 29.7 Å². The van der Waals surface area contributed by atoms with Gasteiger partial charge in [-0.3, -0.25) is 4.79 Å². The van der Waals surface area contributed by atoms with Crippen LogP contribution in [0.4, 0.5) is 11.4 Å². The zero-order valence-corrected chi connectivity index (χ0v) is 31.9. The highest BCUT2D eigenvalue weighted by atomic mass is 35.5. The van der Waals surface area contributed by atoms with Crippen LogP contribution in [0.5, 0.6) is 0 Å². The Morgan fingerprint density at radius 2 is 1.49 bits per heavy atom. The maximum absolute atomic E-state index is 11.1. The number of carbonyl (C=O) groups is 1. The zero-order valence-electron chi connectivity index (χ0n) is 30.4. The van der Waals surface area contributed by atoms with E-state index in [9.17, 15) is 4.79 Å². The highest BCUT2D eigenvalue weighted by molar-refractivity contribution is 6.32. The molecule has 0 saturated carbocycles. The monoisotopic (exact) mass is 718 g/mol. The quantitative estimate of drug-likeness (QED) is 0.140. The van der Waals surface area contributed by atoms with E-state index in [2.05, 4.69) is 141 Å². The molecule has 6 heteroatoms. The summed E-state index contributed by atoms with van der Waals surface area (Å²) in [5.41, 5.74) is 9.81. The average molecular weight is 720 g/mol. The minimum Gasteiger partial charge on any atom is -1.00 e. The van der Waals surface area contributed by atoms with Crippen molar-refractivity contribution in [3.8, 4) is 0 Å². The Hall–Kier alpha value is -4.12. The molecule has 2 heterocycles. The van der Waals surface area contributed by atoms with E-state index in [1.165, 1.54) is 66.6 Å². The van der Waals surface area contributed by atoms with E-state index in [1.807, 2.05) is 0 Å². The van der Waals surface area contributed by atoms with Gasteiger partial charge in [-0.2, -0.15) is 4.58 Å². The molecule has 0 amide bonds. The smallest absolute Gasteiger partial charge is 0.303 e. The third kappa shape index (κ3) is 6.58. The molecule has 3 aliphatic rings. The second kappa shape index (κ2) is 14.5. The summed E-state index contributed by atoms with van der Waals surface area (Å²) in [5.74, 6) is -0.723. The van der Waals surface area contributed by atoms with Gasteiger partial charge in [0.25, 0.3) is 0 Å². The van der Waals surface area contributed by atoms with E-state index < -0.39 is 5.97 Å². The molecule has 0 spiro atoms. The summed E-state index contributed by atoms with van der Waals surface area (Å²) < 4.78 is 2.34. The molecule has 2 aliphatic heterocycles. The number of aliphatic carboxylic acids is 1. The van der Waals surface area contributed by atoms with Crippen molar-refractivity contribution in [2.75, 3.05) is 18.5 Å². The zero-order chi connectivity index (χ0) is 35.2. The number of allylic oxidation sites excluding steroid dienone is 8. The van der Waals surface area contributed by atoms with E-state index in [0.29, 0.717) is 6.42 Å². The van der Waals surface area contributed by atoms with Crippen molar-refractivity contribution in [1.29, 1.82) is 0 Å². The summed E-state index contributed by atoms with van der Waals surface area (Å²) in [7, 11) is 2.18. The third-order valence-electron chi connectivity index (χ3n) is 11.3. The molecule has 4 nitrogen and oxygen atoms in total. The summed E-state index contributed by atoms with van der Waals surface area (Å²) >= 11 is 7.26. The molecule has 0 radical (unpaired) electrons. The van der Waals surface area contributed by atoms with Gasteiger partial charge in [-0.1, -0.05) is 98.6 Å². The van der Waals surface area contributed by atoms with Crippen molar-refractivity contribution < 1.29 is 26.9 Å². The molecule has 264 valence electrons. The fourth-order valence-corrected chi connectivity index (χ4v) is 9.07. The summed E-state index contributed by atoms with van der Waals surface area (Å²) in [6.07, 6.45) is 14.8. The predicted molar refractivity (Wildman–Crippen MR) is 210 cm³/mol. The molecule has 0 aromatic heterocycles. The topological polar surface area (TPSA) is 43.5 Å². The van der Waals surface area contributed by atoms with E-state index in [4.69, 9.17) is 16.7 Å². The van der Waals surface area contributed by atoms with Crippen LogP contribution in [0.1, 0.15) is 83.8 Å². The van der Waals surface area contributed by atoms with Crippen LogP contribution < -0.4 is 17.3 Å². The molecule has 0 atom stereocenters. The fourth-order valence-electron chi connectivity index (χ4n) is 8.76. The van der Waals surface area contributed by atoms with Crippen LogP contribution in [0.25, 0.3) is 21.5 Å². The van der Waals surface area contributed by atoms with Gasteiger partial charge in [-0.25, -0.2) is 0 Å². The summed E-state index contributed by atoms with van der Waals surface area (Å²) in [6, 6.07) is 26.3. The Kier molecular flexibility index (Phi) is 10.4. The second-order valence-corrected chi connectivity index (χ2v) is 15.6. The highest BCUT2D eigenvalue weighted by Crippen LogP contribution is 2.51. The number of carboxylic acid groups (broad SMARTS) is 1. The number of hydrogen-bond acceptors (Lipinski definition) is 2. The molecule has 7 rings (SSSR count). The van der Waals surface area contributed by atoms with Gasteiger partial charge in [0.1, 0.15) is 7.05 Å². The average Bonchev–Trinajstić information content (AvgIpc) is 3.44. The van der Waals surface area contributed by atoms with Gasteiger partial charge in [0.15, 0.2) is 5.71 Å². The number of hydrogen-bond donors (Lipinski definition) is 1. The first-order chi connectivity index (χ1) is 24.0. The van der Waals surface area contributed by atoms with E-state index >= 15 is 0 Å². The maximum atomic E-state index is 11.1. The van der Waals surface area contributed by atoms with Crippen LogP contribution in [0.3, 0.4) is 0 Å². The second-order valence-electron chi connectivity index (χ2n) is 15.2. The third-order valence-corrected chi connectivity index (χ3v) is 11.7. The Balaban J connectivity index is 0.00000448. The molecule has 4 aromatic carbocycles. The molecule has 1 N–H and O–H groups in total. The molecule has 1 aliphatic carbocycles. The van der Waals surface area contributed by atoms with Crippen LogP contribution in [-0.4, -0.2) is 35.0 Å². The van der Waals surface area contributed by atoms with Gasteiger partial charge in [0, 0.05) is 52.5 Å². The summed E-state index contributed by atoms with van der Waals surface area (Å²) in [6.45, 7) is 10.2. The molecule has 0 unspecified atom stereocenters. The van der Waals surface area contributed by atoms with Crippen LogP contribution in [-0.2, 0) is 15.6 Å².